The molecule has 1 saturated heterocycles. The zero-order valence-electron chi connectivity index (χ0n) is 18.3. The van der Waals surface area contributed by atoms with Crippen molar-refractivity contribution in [1.82, 2.24) is 0 Å². The number of aliphatic hydroxyl groups excluding tert-OH is 1. The van der Waals surface area contributed by atoms with Crippen LogP contribution in [0.4, 0.5) is 0 Å². The van der Waals surface area contributed by atoms with Crippen molar-refractivity contribution in [2.75, 3.05) is 26.4 Å². The van der Waals surface area contributed by atoms with Crippen LogP contribution < -0.4 is 0 Å². The first-order valence-corrected chi connectivity index (χ1v) is 11.0. The van der Waals surface area contributed by atoms with Gasteiger partial charge in [-0.1, -0.05) is 97.1 Å². The Morgan fingerprint density at radius 1 is 0.758 bits per heavy atom. The van der Waals surface area contributed by atoms with E-state index in [1.54, 1.807) is 0 Å². The van der Waals surface area contributed by atoms with Crippen LogP contribution in [0.1, 0.15) is 27.8 Å². The van der Waals surface area contributed by atoms with Crippen molar-refractivity contribution in [1.29, 1.82) is 0 Å². The Kier molecular flexibility index (Phi) is 7.83. The van der Waals surface area contributed by atoms with E-state index in [0.29, 0.717) is 12.2 Å². The Morgan fingerprint density at radius 2 is 1.39 bits per heavy atom. The number of aliphatic hydroxyl groups is 2. The highest BCUT2D eigenvalue weighted by Gasteiger charge is 2.59. The van der Waals surface area contributed by atoms with Crippen molar-refractivity contribution < 1.29 is 24.4 Å². The molecule has 2 unspecified atom stereocenters. The summed E-state index contributed by atoms with van der Waals surface area (Å²) in [4.78, 5) is 0. The molecular formula is C28H28O5. The molecule has 2 atom stereocenters. The molecule has 0 amide bonds. The maximum atomic E-state index is 11.1. The van der Waals surface area contributed by atoms with E-state index >= 15 is 0 Å². The molecule has 0 aliphatic carbocycles. The monoisotopic (exact) mass is 444 g/mol. The van der Waals surface area contributed by atoms with Gasteiger partial charge in [-0.3, -0.25) is 0 Å². The fourth-order valence-corrected chi connectivity index (χ4v) is 3.50. The van der Waals surface area contributed by atoms with Gasteiger partial charge >= 0.3 is 0 Å². The molecule has 1 heterocycles. The second kappa shape index (κ2) is 11.2. The van der Waals surface area contributed by atoms with Crippen LogP contribution in [0.3, 0.4) is 0 Å². The van der Waals surface area contributed by atoms with E-state index in [9.17, 15) is 5.11 Å². The standard InChI is InChI=1S/C28H28O5/c29-17-18-31-19-20-32-27-28(30,33-27)26-16-14-24(12-11-22-7-3-1-4-8-22)21-25(26)15-13-23-9-5-2-6-10-23/h1-16,21,27,29-30H,17-20H2/b12-11+,15-13+. The maximum absolute atomic E-state index is 11.1. The number of hydrogen-bond acceptors (Lipinski definition) is 5. The molecule has 3 aromatic rings. The molecule has 1 aliphatic heterocycles. The molecule has 0 aromatic heterocycles. The van der Waals surface area contributed by atoms with E-state index in [0.717, 1.165) is 22.3 Å². The third-order valence-electron chi connectivity index (χ3n) is 5.27. The fraction of sp³-hybridized carbons (Fsp3) is 0.214. The largest absolute Gasteiger partial charge is 0.394 e. The molecular weight excluding hydrogens is 416 g/mol. The number of benzene rings is 3. The summed E-state index contributed by atoms with van der Waals surface area (Å²) in [6, 6.07) is 26.0. The average Bonchev–Trinajstić information content (AvgIpc) is 3.53. The SMILES string of the molecule is OCCOCCOC1OC1(O)c1ccc(/C=C/c2ccccc2)cc1/C=C/c1ccccc1. The molecule has 3 aromatic carbocycles. The van der Waals surface area contributed by atoms with Gasteiger partial charge in [0.15, 0.2) is 0 Å². The lowest BCUT2D eigenvalue weighted by Gasteiger charge is -2.12. The van der Waals surface area contributed by atoms with Gasteiger partial charge in [0.05, 0.1) is 26.4 Å². The average molecular weight is 445 g/mol. The van der Waals surface area contributed by atoms with Crippen LogP contribution in [0.15, 0.2) is 78.9 Å². The minimum Gasteiger partial charge on any atom is -0.394 e. The van der Waals surface area contributed by atoms with Crippen LogP contribution in [-0.2, 0) is 20.0 Å². The van der Waals surface area contributed by atoms with Gasteiger partial charge in [-0.15, -0.1) is 0 Å². The van der Waals surface area contributed by atoms with Crippen molar-refractivity contribution in [3.05, 3.63) is 107 Å². The van der Waals surface area contributed by atoms with Crippen molar-refractivity contribution in [3.63, 3.8) is 0 Å². The number of hydrogen-bond donors (Lipinski definition) is 2. The van der Waals surface area contributed by atoms with Crippen molar-refractivity contribution in [3.8, 4) is 0 Å². The second-order valence-corrected chi connectivity index (χ2v) is 7.69. The molecule has 0 bridgehead atoms. The predicted octanol–water partition coefficient (Wildman–Crippen LogP) is 4.55. The van der Waals surface area contributed by atoms with Gasteiger partial charge in [0.25, 0.3) is 0 Å². The molecule has 5 nitrogen and oxygen atoms in total. The second-order valence-electron chi connectivity index (χ2n) is 7.69. The Morgan fingerprint density at radius 3 is 2.06 bits per heavy atom. The van der Waals surface area contributed by atoms with Gasteiger partial charge < -0.3 is 24.4 Å². The first-order chi connectivity index (χ1) is 16.2. The maximum Gasteiger partial charge on any atom is 0.248 e. The van der Waals surface area contributed by atoms with E-state index in [-0.39, 0.29) is 19.8 Å². The summed E-state index contributed by atoms with van der Waals surface area (Å²) in [7, 11) is 0. The lowest BCUT2D eigenvalue weighted by atomic mass is 9.97. The van der Waals surface area contributed by atoms with Gasteiger partial charge in [0.1, 0.15) is 0 Å². The molecule has 0 radical (unpaired) electrons. The Balaban J connectivity index is 1.54. The van der Waals surface area contributed by atoms with E-state index in [4.69, 9.17) is 19.3 Å². The molecule has 4 rings (SSSR count). The minimum atomic E-state index is -1.50. The molecule has 170 valence electrons. The highest BCUT2D eigenvalue weighted by molar-refractivity contribution is 5.76. The van der Waals surface area contributed by atoms with Crippen LogP contribution in [0, 0.1) is 0 Å². The summed E-state index contributed by atoms with van der Waals surface area (Å²) in [5, 5.41) is 19.8. The number of rotatable bonds is 11. The van der Waals surface area contributed by atoms with Crippen molar-refractivity contribution in [2.24, 2.45) is 0 Å². The third-order valence-corrected chi connectivity index (χ3v) is 5.27. The summed E-state index contributed by atoms with van der Waals surface area (Å²) >= 11 is 0. The first-order valence-electron chi connectivity index (χ1n) is 11.0. The van der Waals surface area contributed by atoms with Crippen LogP contribution in [0.25, 0.3) is 24.3 Å². The van der Waals surface area contributed by atoms with Crippen LogP contribution >= 0.6 is 0 Å². The molecule has 0 spiro atoms. The fourth-order valence-electron chi connectivity index (χ4n) is 3.50. The van der Waals surface area contributed by atoms with Crippen LogP contribution in [0.5, 0.6) is 0 Å². The quantitative estimate of drug-likeness (QED) is 0.258. The Hall–Kier alpha value is -3.06. The van der Waals surface area contributed by atoms with Crippen molar-refractivity contribution >= 4 is 24.3 Å². The van der Waals surface area contributed by atoms with Gasteiger partial charge in [-0.25, -0.2) is 0 Å². The van der Waals surface area contributed by atoms with Crippen molar-refractivity contribution in [2.45, 2.75) is 12.1 Å². The van der Waals surface area contributed by atoms with E-state index in [1.165, 1.54) is 0 Å². The number of epoxide rings is 1. The topological polar surface area (TPSA) is 71.5 Å². The summed E-state index contributed by atoms with van der Waals surface area (Å²) in [5.41, 5.74) is 4.68. The Labute approximate surface area is 194 Å². The summed E-state index contributed by atoms with van der Waals surface area (Å²) in [5.74, 6) is -1.50. The Bertz CT molecular complexity index is 1080. The van der Waals surface area contributed by atoms with Crippen LogP contribution in [-0.4, -0.2) is 42.9 Å². The first kappa shape index (κ1) is 23.1. The lowest BCUT2D eigenvalue weighted by molar-refractivity contribution is -0.00708. The van der Waals surface area contributed by atoms with Crippen LogP contribution in [0.2, 0.25) is 0 Å². The van der Waals surface area contributed by atoms with Gasteiger partial charge in [-0.2, -0.15) is 0 Å². The lowest BCUT2D eigenvalue weighted by Crippen LogP contribution is -2.17. The summed E-state index contributed by atoms with van der Waals surface area (Å²) in [6.45, 7) is 0.804. The minimum absolute atomic E-state index is 0.0357. The zero-order valence-corrected chi connectivity index (χ0v) is 18.3. The predicted molar refractivity (Wildman–Crippen MR) is 130 cm³/mol. The molecule has 1 fully saturated rings. The van der Waals surface area contributed by atoms with E-state index in [2.05, 4.69) is 6.08 Å². The molecule has 2 N–H and O–H groups in total. The molecule has 0 saturated carbocycles. The van der Waals surface area contributed by atoms with E-state index < -0.39 is 12.1 Å². The molecule has 33 heavy (non-hydrogen) atoms. The summed E-state index contributed by atoms with van der Waals surface area (Å²) < 4.78 is 16.3. The zero-order chi connectivity index (χ0) is 22.9. The summed E-state index contributed by atoms with van der Waals surface area (Å²) in [6.07, 6.45) is 7.33. The van der Waals surface area contributed by atoms with Gasteiger partial charge in [-0.05, 0) is 28.3 Å². The normalized spacial score (nSPS) is 20.0. The third kappa shape index (κ3) is 6.26. The molecule has 1 aliphatic rings. The van der Waals surface area contributed by atoms with E-state index in [1.807, 2.05) is 97.1 Å². The highest BCUT2D eigenvalue weighted by Crippen LogP contribution is 2.46. The highest BCUT2D eigenvalue weighted by atomic mass is 16.9. The molecule has 5 heteroatoms. The van der Waals surface area contributed by atoms with Gasteiger partial charge in [0.2, 0.25) is 12.1 Å². The number of ether oxygens (including phenoxy) is 3. The van der Waals surface area contributed by atoms with Gasteiger partial charge in [0, 0.05) is 5.56 Å². The smallest absolute Gasteiger partial charge is 0.248 e.